The Morgan fingerprint density at radius 2 is 1.73 bits per heavy atom. The molecule has 0 spiro atoms. The molecule has 3 N–H and O–H groups in total. The number of rotatable bonds is 3. The topological polar surface area (TPSA) is 95.6 Å². The number of carbonyl (C=O) groups excluding carboxylic acids is 1. The van der Waals surface area contributed by atoms with E-state index in [1.54, 1.807) is 48.5 Å². The minimum Gasteiger partial charge on any atom is -0.501 e. The number of furan rings is 1. The van der Waals surface area contributed by atoms with Gasteiger partial charge in [-0.05, 0) is 24.3 Å². The number of carbonyl (C=O) groups is 1. The number of hydrogen-bond donors (Lipinski definition) is 3. The van der Waals surface area contributed by atoms with Crippen LogP contribution >= 0.6 is 0 Å². The number of hydrogen-bond acceptors (Lipinski definition) is 5. The maximum atomic E-state index is 12.0. The van der Waals surface area contributed by atoms with Gasteiger partial charge >= 0.3 is 0 Å². The van der Waals surface area contributed by atoms with Crippen LogP contribution in [0.1, 0.15) is 10.4 Å². The molecule has 2 heterocycles. The van der Waals surface area contributed by atoms with Gasteiger partial charge in [0.15, 0.2) is 0 Å². The quantitative estimate of drug-likeness (QED) is 0.690. The van der Waals surface area contributed by atoms with Crippen LogP contribution < -0.4 is 5.32 Å². The van der Waals surface area contributed by atoms with E-state index < -0.39 is 17.4 Å². The largest absolute Gasteiger partial charge is 0.501 e. The van der Waals surface area contributed by atoms with E-state index in [1.807, 2.05) is 0 Å². The molecule has 0 bridgehead atoms. The van der Waals surface area contributed by atoms with E-state index in [0.717, 1.165) is 0 Å². The van der Waals surface area contributed by atoms with Gasteiger partial charge in [-0.15, -0.1) is 0 Å². The number of aromatic hydroxyl groups is 2. The number of aromatic nitrogens is 1. The maximum Gasteiger partial charge on any atom is 0.258 e. The number of nitrogens with zero attached hydrogens (tertiary/aromatic N) is 1. The average molecular weight is 296 g/mol. The molecule has 0 aliphatic rings. The Bertz CT molecular complexity index is 798. The standard InChI is InChI=1S/C16H12N2O4/c19-12-13(20)16(18-15(21)10-6-2-1-3-7-10)22-14(12)11-8-4-5-9-17-11/h1-9,19-20H,(H,18,21). The SMILES string of the molecule is O=C(Nc1oc(-c2ccccn2)c(O)c1O)c1ccccc1. The highest BCUT2D eigenvalue weighted by molar-refractivity contribution is 6.04. The zero-order chi connectivity index (χ0) is 15.5. The lowest BCUT2D eigenvalue weighted by Crippen LogP contribution is -2.11. The molecule has 3 aromatic rings. The predicted molar refractivity (Wildman–Crippen MR) is 79.7 cm³/mol. The summed E-state index contributed by atoms with van der Waals surface area (Å²) >= 11 is 0. The van der Waals surface area contributed by atoms with Gasteiger partial charge in [-0.3, -0.25) is 15.1 Å². The van der Waals surface area contributed by atoms with Gasteiger partial charge in [0, 0.05) is 11.8 Å². The van der Waals surface area contributed by atoms with Crippen LogP contribution in [0.25, 0.3) is 11.5 Å². The first kappa shape index (κ1) is 13.7. The molecule has 1 aromatic carbocycles. The van der Waals surface area contributed by atoms with Gasteiger partial charge < -0.3 is 14.6 Å². The molecule has 6 nitrogen and oxygen atoms in total. The summed E-state index contributed by atoms with van der Waals surface area (Å²) in [4.78, 5) is 16.1. The Morgan fingerprint density at radius 1 is 1.00 bits per heavy atom. The normalized spacial score (nSPS) is 10.4. The third-order valence-electron chi connectivity index (χ3n) is 3.02. The monoisotopic (exact) mass is 296 g/mol. The molecule has 1 amide bonds. The summed E-state index contributed by atoms with van der Waals surface area (Å²) in [5.41, 5.74) is 0.743. The Balaban J connectivity index is 1.91. The second-order valence-electron chi connectivity index (χ2n) is 4.49. The first-order valence-electron chi connectivity index (χ1n) is 6.49. The maximum absolute atomic E-state index is 12.0. The molecule has 3 rings (SSSR count). The van der Waals surface area contributed by atoms with Crippen molar-refractivity contribution in [2.75, 3.05) is 5.32 Å². The number of pyridine rings is 1. The number of amides is 1. The first-order valence-corrected chi connectivity index (χ1v) is 6.49. The Morgan fingerprint density at radius 3 is 2.41 bits per heavy atom. The minimum absolute atomic E-state index is 0.0125. The van der Waals surface area contributed by atoms with Gasteiger partial charge in [0.05, 0.1) is 0 Å². The highest BCUT2D eigenvalue weighted by atomic mass is 16.4. The van der Waals surface area contributed by atoms with E-state index in [2.05, 4.69) is 10.3 Å². The molecule has 0 atom stereocenters. The van der Waals surface area contributed by atoms with Crippen LogP contribution in [0.5, 0.6) is 11.5 Å². The predicted octanol–water partition coefficient (Wildman–Crippen LogP) is 3.01. The van der Waals surface area contributed by atoms with Crippen molar-refractivity contribution in [1.29, 1.82) is 0 Å². The zero-order valence-electron chi connectivity index (χ0n) is 11.4. The van der Waals surface area contributed by atoms with E-state index >= 15 is 0 Å². The molecule has 22 heavy (non-hydrogen) atoms. The zero-order valence-corrected chi connectivity index (χ0v) is 11.4. The molecule has 0 saturated heterocycles. The fourth-order valence-corrected chi connectivity index (χ4v) is 1.93. The van der Waals surface area contributed by atoms with Gasteiger partial charge in [-0.2, -0.15) is 0 Å². The van der Waals surface area contributed by atoms with Gasteiger partial charge in [-0.25, -0.2) is 0 Å². The van der Waals surface area contributed by atoms with Crippen LogP contribution in [0, 0.1) is 0 Å². The smallest absolute Gasteiger partial charge is 0.258 e. The third-order valence-corrected chi connectivity index (χ3v) is 3.02. The lowest BCUT2D eigenvalue weighted by atomic mass is 10.2. The molecule has 0 fully saturated rings. The van der Waals surface area contributed by atoms with E-state index in [4.69, 9.17) is 4.42 Å². The second-order valence-corrected chi connectivity index (χ2v) is 4.49. The van der Waals surface area contributed by atoms with Crippen molar-refractivity contribution in [2.45, 2.75) is 0 Å². The van der Waals surface area contributed by atoms with Crippen LogP contribution in [0.3, 0.4) is 0 Å². The molecule has 2 aromatic heterocycles. The van der Waals surface area contributed by atoms with Gasteiger partial charge in [-0.1, -0.05) is 24.3 Å². The van der Waals surface area contributed by atoms with Crippen LogP contribution in [-0.4, -0.2) is 21.1 Å². The molecule has 0 aliphatic heterocycles. The highest BCUT2D eigenvalue weighted by Gasteiger charge is 2.23. The molecular weight excluding hydrogens is 284 g/mol. The van der Waals surface area contributed by atoms with E-state index in [-0.39, 0.29) is 11.6 Å². The number of benzene rings is 1. The summed E-state index contributed by atoms with van der Waals surface area (Å²) in [6.07, 6.45) is 1.52. The molecule has 6 heteroatoms. The summed E-state index contributed by atoms with van der Waals surface area (Å²) < 4.78 is 5.33. The summed E-state index contributed by atoms with van der Waals surface area (Å²) in [6, 6.07) is 13.5. The average Bonchev–Trinajstić information content (AvgIpc) is 2.85. The van der Waals surface area contributed by atoms with Gasteiger partial charge in [0.2, 0.25) is 23.1 Å². The van der Waals surface area contributed by atoms with Crippen LogP contribution in [0.2, 0.25) is 0 Å². The number of anilines is 1. The van der Waals surface area contributed by atoms with Crippen molar-refractivity contribution in [3.8, 4) is 23.0 Å². The summed E-state index contributed by atoms with van der Waals surface area (Å²) in [7, 11) is 0. The lowest BCUT2D eigenvalue weighted by Gasteiger charge is -2.01. The van der Waals surface area contributed by atoms with Crippen molar-refractivity contribution in [3.05, 3.63) is 60.3 Å². The molecule has 0 aliphatic carbocycles. The van der Waals surface area contributed by atoms with E-state index in [9.17, 15) is 15.0 Å². The summed E-state index contributed by atoms with van der Waals surface area (Å²) in [6.45, 7) is 0. The Kier molecular flexibility index (Phi) is 3.49. The fourth-order valence-electron chi connectivity index (χ4n) is 1.93. The van der Waals surface area contributed by atoms with Crippen molar-refractivity contribution in [1.82, 2.24) is 4.98 Å². The minimum atomic E-state index is -0.537. The fraction of sp³-hybridized carbons (Fsp3) is 0. The second kappa shape index (κ2) is 5.61. The van der Waals surface area contributed by atoms with Crippen molar-refractivity contribution < 1.29 is 19.4 Å². The Hall–Kier alpha value is -3.28. The summed E-state index contributed by atoms with van der Waals surface area (Å²) in [5, 5.41) is 22.2. The highest BCUT2D eigenvalue weighted by Crippen LogP contribution is 2.44. The lowest BCUT2D eigenvalue weighted by molar-refractivity contribution is 0.102. The van der Waals surface area contributed by atoms with Crippen molar-refractivity contribution in [2.24, 2.45) is 0 Å². The van der Waals surface area contributed by atoms with E-state index in [1.165, 1.54) is 6.20 Å². The Labute approximate surface area is 125 Å². The summed E-state index contributed by atoms with van der Waals surface area (Å²) in [5.74, 6) is -1.71. The van der Waals surface area contributed by atoms with Crippen molar-refractivity contribution in [3.63, 3.8) is 0 Å². The van der Waals surface area contributed by atoms with Gasteiger partial charge in [0.1, 0.15) is 5.69 Å². The van der Waals surface area contributed by atoms with Gasteiger partial charge in [0.25, 0.3) is 5.91 Å². The molecule has 0 radical (unpaired) electrons. The third kappa shape index (κ3) is 2.49. The van der Waals surface area contributed by atoms with Crippen LogP contribution in [-0.2, 0) is 0 Å². The molecule has 0 unspecified atom stereocenters. The molecular formula is C16H12N2O4. The van der Waals surface area contributed by atoms with Crippen molar-refractivity contribution >= 4 is 11.8 Å². The molecule has 110 valence electrons. The van der Waals surface area contributed by atoms with E-state index in [0.29, 0.717) is 11.3 Å². The first-order chi connectivity index (χ1) is 10.7. The van der Waals surface area contributed by atoms with Crippen LogP contribution in [0.15, 0.2) is 59.1 Å². The molecule has 0 saturated carbocycles. The number of nitrogens with one attached hydrogen (secondary N) is 1. The van der Waals surface area contributed by atoms with Crippen LogP contribution in [0.4, 0.5) is 5.88 Å².